The van der Waals surface area contributed by atoms with Gasteiger partial charge in [-0.1, -0.05) is 29.8 Å². The second-order valence-corrected chi connectivity index (χ2v) is 7.82. The second-order valence-electron chi connectivity index (χ2n) is 7.82. The number of aromatic nitrogens is 3. The van der Waals surface area contributed by atoms with Crippen molar-refractivity contribution in [2.45, 2.75) is 13.3 Å². The van der Waals surface area contributed by atoms with Gasteiger partial charge in [-0.25, -0.2) is 4.98 Å². The Morgan fingerprint density at radius 2 is 1.78 bits per heavy atom. The predicted octanol–water partition coefficient (Wildman–Crippen LogP) is 5.40. The van der Waals surface area contributed by atoms with Gasteiger partial charge in [0, 0.05) is 33.7 Å². The number of nitrogens with zero attached hydrogens (tertiary/aromatic N) is 2. The van der Waals surface area contributed by atoms with Crippen LogP contribution in [0, 0.1) is 6.92 Å². The van der Waals surface area contributed by atoms with Crippen LogP contribution in [-0.2, 0) is 6.42 Å². The van der Waals surface area contributed by atoms with Gasteiger partial charge in [0.1, 0.15) is 5.75 Å². The van der Waals surface area contributed by atoms with Gasteiger partial charge >= 0.3 is 0 Å². The molecule has 0 amide bonds. The van der Waals surface area contributed by atoms with Gasteiger partial charge in [-0.15, -0.1) is 0 Å². The number of pyridine rings is 1. The molecule has 0 atom stereocenters. The van der Waals surface area contributed by atoms with Crippen LogP contribution in [0.1, 0.15) is 16.7 Å². The van der Waals surface area contributed by atoms with Crippen molar-refractivity contribution in [2.75, 3.05) is 14.2 Å². The van der Waals surface area contributed by atoms with E-state index in [1.807, 2.05) is 18.2 Å². The van der Waals surface area contributed by atoms with Crippen molar-refractivity contribution < 1.29 is 14.6 Å². The first kappa shape index (κ1) is 19.9. The molecule has 32 heavy (non-hydrogen) atoms. The molecule has 0 saturated heterocycles. The minimum absolute atomic E-state index is 0.208. The summed E-state index contributed by atoms with van der Waals surface area (Å²) in [4.78, 5) is 4.86. The van der Waals surface area contributed by atoms with Crippen LogP contribution < -0.4 is 9.47 Å². The zero-order valence-corrected chi connectivity index (χ0v) is 18.1. The van der Waals surface area contributed by atoms with E-state index in [1.165, 1.54) is 11.1 Å². The van der Waals surface area contributed by atoms with E-state index in [0.29, 0.717) is 23.6 Å². The average Bonchev–Trinajstić information content (AvgIpc) is 3.27. The van der Waals surface area contributed by atoms with Crippen LogP contribution in [0.3, 0.4) is 0 Å². The summed E-state index contributed by atoms with van der Waals surface area (Å²) in [5.74, 6) is 1.55. The Kier molecular flexibility index (Phi) is 4.90. The molecule has 2 heterocycles. The number of H-pyrrole nitrogens is 1. The molecule has 5 aromatic rings. The number of methoxy groups -OCH3 is 2. The van der Waals surface area contributed by atoms with E-state index in [2.05, 4.69) is 41.4 Å². The third-order valence-electron chi connectivity index (χ3n) is 5.74. The number of aromatic amines is 1. The molecule has 6 nitrogen and oxygen atoms in total. The van der Waals surface area contributed by atoms with Gasteiger partial charge in [0.25, 0.3) is 0 Å². The normalized spacial score (nSPS) is 11.2. The number of hydrogen-bond donors (Lipinski definition) is 2. The highest BCUT2D eigenvalue weighted by Gasteiger charge is 2.22. The Hall–Kier alpha value is -4.06. The molecule has 0 aliphatic heterocycles. The SMILES string of the molecule is COc1cc2c(-c3ccc(O)cc3)nc3[nH]ncc3c2c(Cc2cccc(C)c2)c1OC. The molecule has 0 aliphatic rings. The number of rotatable bonds is 5. The van der Waals surface area contributed by atoms with E-state index in [-0.39, 0.29) is 5.75 Å². The monoisotopic (exact) mass is 425 g/mol. The summed E-state index contributed by atoms with van der Waals surface area (Å²) in [6.45, 7) is 2.09. The molecule has 0 unspecified atom stereocenters. The van der Waals surface area contributed by atoms with Crippen molar-refractivity contribution in [1.29, 1.82) is 0 Å². The van der Waals surface area contributed by atoms with Crippen molar-refractivity contribution >= 4 is 21.8 Å². The van der Waals surface area contributed by atoms with Gasteiger partial charge in [-0.3, -0.25) is 5.10 Å². The summed E-state index contributed by atoms with van der Waals surface area (Å²) < 4.78 is 11.6. The van der Waals surface area contributed by atoms with Crippen LogP contribution in [0.2, 0.25) is 0 Å². The standard InChI is InChI=1S/C26H23N3O3/c1-15-5-4-6-16(11-15)12-20-23-19(13-22(31-2)25(20)32-3)24(17-7-9-18(30)10-8-17)28-26-21(23)14-27-29-26/h4-11,13-14,30H,12H2,1-3H3,(H,27,28,29). The van der Waals surface area contributed by atoms with Crippen LogP contribution >= 0.6 is 0 Å². The van der Waals surface area contributed by atoms with Gasteiger partial charge in [0.2, 0.25) is 0 Å². The minimum atomic E-state index is 0.208. The Balaban J connectivity index is 1.89. The van der Waals surface area contributed by atoms with Crippen LogP contribution in [0.15, 0.2) is 60.8 Å². The molecule has 0 spiro atoms. The zero-order chi connectivity index (χ0) is 22.2. The highest BCUT2D eigenvalue weighted by atomic mass is 16.5. The lowest BCUT2D eigenvalue weighted by atomic mass is 9.92. The van der Waals surface area contributed by atoms with Crippen LogP contribution in [-0.4, -0.2) is 34.5 Å². The number of hydrogen-bond acceptors (Lipinski definition) is 5. The summed E-state index contributed by atoms with van der Waals surface area (Å²) in [5, 5.41) is 19.9. The topological polar surface area (TPSA) is 80.3 Å². The Bertz CT molecular complexity index is 1440. The van der Waals surface area contributed by atoms with E-state index in [0.717, 1.165) is 33.0 Å². The predicted molar refractivity (Wildman–Crippen MR) is 126 cm³/mol. The summed E-state index contributed by atoms with van der Waals surface area (Å²) >= 11 is 0. The molecular weight excluding hydrogens is 402 g/mol. The molecule has 2 aromatic heterocycles. The molecule has 0 aliphatic carbocycles. The summed E-state index contributed by atoms with van der Waals surface area (Å²) in [6, 6.07) is 17.5. The van der Waals surface area contributed by atoms with Crippen molar-refractivity contribution in [3.63, 3.8) is 0 Å². The first-order valence-electron chi connectivity index (χ1n) is 10.3. The Morgan fingerprint density at radius 1 is 0.969 bits per heavy atom. The lowest BCUT2D eigenvalue weighted by Crippen LogP contribution is -2.01. The van der Waals surface area contributed by atoms with E-state index in [1.54, 1.807) is 32.5 Å². The zero-order valence-electron chi connectivity index (χ0n) is 18.1. The maximum Gasteiger partial charge on any atom is 0.164 e. The van der Waals surface area contributed by atoms with Crippen LogP contribution in [0.25, 0.3) is 33.1 Å². The first-order chi connectivity index (χ1) is 15.6. The Morgan fingerprint density at radius 3 is 2.50 bits per heavy atom. The molecule has 2 N–H and O–H groups in total. The van der Waals surface area contributed by atoms with E-state index < -0.39 is 0 Å². The largest absolute Gasteiger partial charge is 0.508 e. The smallest absolute Gasteiger partial charge is 0.164 e. The minimum Gasteiger partial charge on any atom is -0.508 e. The number of nitrogens with one attached hydrogen (secondary N) is 1. The number of aromatic hydroxyl groups is 1. The molecule has 160 valence electrons. The number of phenols is 1. The maximum absolute atomic E-state index is 9.76. The number of benzene rings is 3. The van der Waals surface area contributed by atoms with Crippen molar-refractivity contribution in [2.24, 2.45) is 0 Å². The number of phenolic OH excluding ortho intramolecular Hbond substituents is 1. The van der Waals surface area contributed by atoms with Crippen LogP contribution in [0.5, 0.6) is 17.2 Å². The quantitative estimate of drug-likeness (QED) is 0.394. The number of aryl methyl sites for hydroxylation is 1. The van der Waals surface area contributed by atoms with Crippen molar-refractivity contribution in [3.05, 3.63) is 77.5 Å². The summed E-state index contributed by atoms with van der Waals surface area (Å²) in [5.41, 5.74) is 5.76. The number of fused-ring (bicyclic) bond motifs is 3. The molecular formula is C26H23N3O3. The van der Waals surface area contributed by atoms with Gasteiger partial charge in [-0.05, 0) is 42.8 Å². The lowest BCUT2D eigenvalue weighted by molar-refractivity contribution is 0.353. The van der Waals surface area contributed by atoms with Gasteiger partial charge in [0.05, 0.1) is 26.1 Å². The first-order valence-corrected chi connectivity index (χ1v) is 10.3. The van der Waals surface area contributed by atoms with Crippen molar-refractivity contribution in [1.82, 2.24) is 15.2 Å². The molecule has 0 bridgehead atoms. The van der Waals surface area contributed by atoms with Gasteiger partial charge in [-0.2, -0.15) is 5.10 Å². The van der Waals surface area contributed by atoms with E-state index in [4.69, 9.17) is 14.5 Å². The highest BCUT2D eigenvalue weighted by molar-refractivity contribution is 6.13. The Labute approximate surface area is 185 Å². The van der Waals surface area contributed by atoms with E-state index in [9.17, 15) is 5.11 Å². The highest BCUT2D eigenvalue weighted by Crippen LogP contribution is 2.44. The van der Waals surface area contributed by atoms with Gasteiger partial charge < -0.3 is 14.6 Å². The number of ether oxygens (including phenoxy) is 2. The molecule has 0 saturated carbocycles. The fourth-order valence-electron chi connectivity index (χ4n) is 4.32. The summed E-state index contributed by atoms with van der Waals surface area (Å²) in [7, 11) is 3.31. The molecule has 0 radical (unpaired) electrons. The third kappa shape index (κ3) is 3.30. The molecule has 5 rings (SSSR count). The fraction of sp³-hybridized carbons (Fsp3) is 0.154. The molecule has 6 heteroatoms. The molecule has 3 aromatic carbocycles. The third-order valence-corrected chi connectivity index (χ3v) is 5.74. The lowest BCUT2D eigenvalue weighted by Gasteiger charge is -2.18. The van der Waals surface area contributed by atoms with Crippen molar-refractivity contribution in [3.8, 4) is 28.5 Å². The summed E-state index contributed by atoms with van der Waals surface area (Å²) in [6.07, 6.45) is 2.47. The van der Waals surface area contributed by atoms with Gasteiger partial charge in [0.15, 0.2) is 17.1 Å². The average molecular weight is 425 g/mol. The molecule has 0 fully saturated rings. The second kappa shape index (κ2) is 7.89. The fourth-order valence-corrected chi connectivity index (χ4v) is 4.32. The maximum atomic E-state index is 9.76. The van der Waals surface area contributed by atoms with Crippen LogP contribution in [0.4, 0.5) is 0 Å². The van der Waals surface area contributed by atoms with E-state index >= 15 is 0 Å².